The van der Waals surface area contributed by atoms with Gasteiger partial charge in [0.2, 0.25) is 0 Å². The normalized spacial score (nSPS) is 26.2. The highest BCUT2D eigenvalue weighted by Crippen LogP contribution is 2.28. The Labute approximate surface area is 165 Å². The van der Waals surface area contributed by atoms with Crippen LogP contribution in [0.1, 0.15) is 63.6 Å². The highest BCUT2D eigenvalue weighted by Gasteiger charge is 2.29. The molecule has 1 unspecified atom stereocenters. The van der Waals surface area contributed by atoms with Crippen LogP contribution in [0.2, 0.25) is 0 Å². The molecule has 0 aromatic carbocycles. The lowest BCUT2D eigenvalue weighted by atomic mass is 9.95. The van der Waals surface area contributed by atoms with Crippen LogP contribution in [0.25, 0.3) is 0 Å². The number of nitrogens with zero attached hydrogens (tertiary/aromatic N) is 4. The summed E-state index contributed by atoms with van der Waals surface area (Å²) in [6.07, 6.45) is 16.6. The lowest BCUT2D eigenvalue weighted by molar-refractivity contribution is 0.0904. The Kier molecular flexibility index (Phi) is 7.21. The maximum Gasteiger partial charge on any atom is 0.120 e. The van der Waals surface area contributed by atoms with E-state index in [2.05, 4.69) is 24.7 Å². The van der Waals surface area contributed by atoms with Crippen LogP contribution in [0.3, 0.4) is 0 Å². The van der Waals surface area contributed by atoms with Crippen LogP contribution in [0.5, 0.6) is 0 Å². The van der Waals surface area contributed by atoms with Crippen LogP contribution < -0.4 is 0 Å². The van der Waals surface area contributed by atoms with Crippen molar-refractivity contribution in [2.24, 2.45) is 5.92 Å². The molecule has 5 heteroatoms. The molecule has 1 saturated carbocycles. The number of nitrogens with one attached hydrogen (secondary N) is 1. The zero-order valence-corrected chi connectivity index (χ0v) is 17.1. The van der Waals surface area contributed by atoms with Gasteiger partial charge in [-0.25, -0.2) is 4.98 Å². The summed E-state index contributed by atoms with van der Waals surface area (Å²) in [5.41, 5.74) is 0. The first kappa shape index (κ1) is 19.4. The van der Waals surface area contributed by atoms with Crippen molar-refractivity contribution in [3.63, 3.8) is 0 Å². The Hall–Kier alpha value is -0.910. The number of rotatable bonds is 8. The SMILES string of the molecule is c1c[nH]c(CN(CCN2CCCCC2)CC2CCCN(C3CCCC3)C2)n1. The van der Waals surface area contributed by atoms with Crippen LogP contribution in [0, 0.1) is 5.92 Å². The average Bonchev–Trinajstić information content (AvgIpc) is 3.41. The van der Waals surface area contributed by atoms with E-state index in [1.807, 2.05) is 12.4 Å². The van der Waals surface area contributed by atoms with Gasteiger partial charge >= 0.3 is 0 Å². The second-order valence-corrected chi connectivity index (χ2v) is 9.11. The summed E-state index contributed by atoms with van der Waals surface area (Å²) in [6.45, 7) is 9.87. The van der Waals surface area contributed by atoms with E-state index in [1.54, 1.807) is 0 Å². The minimum absolute atomic E-state index is 0.829. The summed E-state index contributed by atoms with van der Waals surface area (Å²) < 4.78 is 0. The molecule has 5 nitrogen and oxygen atoms in total. The third-order valence-electron chi connectivity index (χ3n) is 7.02. The maximum absolute atomic E-state index is 4.50. The molecule has 0 radical (unpaired) electrons. The van der Waals surface area contributed by atoms with Gasteiger partial charge < -0.3 is 14.8 Å². The number of imidazole rings is 1. The number of aromatic nitrogens is 2. The highest BCUT2D eigenvalue weighted by molar-refractivity contribution is 4.89. The molecule has 1 N–H and O–H groups in total. The predicted octanol–water partition coefficient (Wildman–Crippen LogP) is 3.35. The summed E-state index contributed by atoms with van der Waals surface area (Å²) in [6, 6.07) is 0.889. The first-order valence-electron chi connectivity index (χ1n) is 11.5. The molecule has 152 valence electrons. The Morgan fingerprint density at radius 3 is 2.63 bits per heavy atom. The number of piperidine rings is 2. The number of hydrogen-bond donors (Lipinski definition) is 1. The third kappa shape index (κ3) is 5.78. The molecule has 3 aliphatic rings. The van der Waals surface area contributed by atoms with Crippen molar-refractivity contribution in [3.05, 3.63) is 18.2 Å². The lowest BCUT2D eigenvalue weighted by Crippen LogP contribution is -2.46. The van der Waals surface area contributed by atoms with E-state index in [-0.39, 0.29) is 0 Å². The van der Waals surface area contributed by atoms with Crippen molar-refractivity contribution < 1.29 is 0 Å². The van der Waals surface area contributed by atoms with Gasteiger partial charge in [0.05, 0.1) is 6.54 Å². The molecule has 1 atom stereocenters. The van der Waals surface area contributed by atoms with Crippen molar-refractivity contribution in [3.8, 4) is 0 Å². The summed E-state index contributed by atoms with van der Waals surface area (Å²) in [4.78, 5) is 16.0. The highest BCUT2D eigenvalue weighted by atomic mass is 15.2. The zero-order valence-electron chi connectivity index (χ0n) is 17.1. The smallest absolute Gasteiger partial charge is 0.120 e. The first-order valence-corrected chi connectivity index (χ1v) is 11.5. The Morgan fingerprint density at radius 2 is 1.85 bits per heavy atom. The Morgan fingerprint density at radius 1 is 1.00 bits per heavy atom. The van der Waals surface area contributed by atoms with Gasteiger partial charge in [0, 0.05) is 44.6 Å². The van der Waals surface area contributed by atoms with Crippen LogP contribution in [0.4, 0.5) is 0 Å². The molecule has 2 saturated heterocycles. The largest absolute Gasteiger partial charge is 0.348 e. The van der Waals surface area contributed by atoms with Crippen molar-refractivity contribution in [1.82, 2.24) is 24.7 Å². The van der Waals surface area contributed by atoms with Crippen molar-refractivity contribution in [2.75, 3.05) is 45.8 Å². The fourth-order valence-electron chi connectivity index (χ4n) is 5.51. The second-order valence-electron chi connectivity index (χ2n) is 9.11. The van der Waals surface area contributed by atoms with Gasteiger partial charge in [0.15, 0.2) is 0 Å². The summed E-state index contributed by atoms with van der Waals surface area (Å²) >= 11 is 0. The molecule has 0 spiro atoms. The lowest BCUT2D eigenvalue weighted by Gasteiger charge is -2.39. The van der Waals surface area contributed by atoms with E-state index >= 15 is 0 Å². The minimum Gasteiger partial charge on any atom is -0.348 e. The molecular weight excluding hydrogens is 334 g/mol. The molecule has 0 bridgehead atoms. The van der Waals surface area contributed by atoms with E-state index in [1.165, 1.54) is 104 Å². The first-order chi connectivity index (χ1) is 13.4. The molecular formula is C22H39N5. The van der Waals surface area contributed by atoms with Crippen LogP contribution in [-0.2, 0) is 6.54 Å². The van der Waals surface area contributed by atoms with Crippen LogP contribution >= 0.6 is 0 Å². The quantitative estimate of drug-likeness (QED) is 0.758. The van der Waals surface area contributed by atoms with Gasteiger partial charge in [-0.05, 0) is 64.1 Å². The van der Waals surface area contributed by atoms with Crippen LogP contribution in [0.15, 0.2) is 12.4 Å². The van der Waals surface area contributed by atoms with Gasteiger partial charge in [-0.2, -0.15) is 0 Å². The van der Waals surface area contributed by atoms with E-state index in [4.69, 9.17) is 0 Å². The molecule has 3 heterocycles. The third-order valence-corrected chi connectivity index (χ3v) is 7.02. The van der Waals surface area contributed by atoms with Gasteiger partial charge in [-0.15, -0.1) is 0 Å². The number of likely N-dealkylation sites (tertiary alicyclic amines) is 2. The number of aromatic amines is 1. The molecule has 2 aliphatic heterocycles. The molecule has 1 aromatic rings. The number of hydrogen-bond acceptors (Lipinski definition) is 4. The van der Waals surface area contributed by atoms with Gasteiger partial charge in [-0.3, -0.25) is 4.90 Å². The van der Waals surface area contributed by atoms with E-state index in [0.29, 0.717) is 0 Å². The van der Waals surface area contributed by atoms with E-state index in [0.717, 1.165) is 24.3 Å². The standard InChI is InChI=1S/C22H39N5/c1-4-12-25(13-5-1)15-16-26(19-22-23-10-11-24-22)17-20-7-6-14-27(18-20)21-8-2-3-9-21/h10-11,20-21H,1-9,12-19H2,(H,23,24). The molecule has 27 heavy (non-hydrogen) atoms. The summed E-state index contributed by atoms with van der Waals surface area (Å²) in [5, 5.41) is 0. The van der Waals surface area contributed by atoms with Crippen LogP contribution in [-0.4, -0.2) is 76.5 Å². The average molecular weight is 374 g/mol. The fourth-order valence-corrected chi connectivity index (χ4v) is 5.51. The molecule has 3 fully saturated rings. The topological polar surface area (TPSA) is 38.4 Å². The molecule has 1 aliphatic carbocycles. The molecule has 1 aromatic heterocycles. The monoisotopic (exact) mass is 373 g/mol. The van der Waals surface area contributed by atoms with Gasteiger partial charge in [-0.1, -0.05) is 19.3 Å². The van der Waals surface area contributed by atoms with Gasteiger partial charge in [0.25, 0.3) is 0 Å². The van der Waals surface area contributed by atoms with Crippen molar-refractivity contribution >= 4 is 0 Å². The summed E-state index contributed by atoms with van der Waals surface area (Å²) in [5.74, 6) is 1.95. The van der Waals surface area contributed by atoms with Gasteiger partial charge in [0.1, 0.15) is 5.82 Å². The zero-order chi connectivity index (χ0) is 18.3. The van der Waals surface area contributed by atoms with Crippen molar-refractivity contribution in [1.29, 1.82) is 0 Å². The maximum atomic E-state index is 4.50. The van der Waals surface area contributed by atoms with E-state index in [9.17, 15) is 0 Å². The summed E-state index contributed by atoms with van der Waals surface area (Å²) in [7, 11) is 0. The Balaban J connectivity index is 1.31. The minimum atomic E-state index is 0.829. The second kappa shape index (κ2) is 10.0. The Bertz CT molecular complexity index is 519. The molecule has 4 rings (SSSR count). The van der Waals surface area contributed by atoms with Crippen molar-refractivity contribution in [2.45, 2.75) is 70.4 Å². The fraction of sp³-hybridized carbons (Fsp3) is 0.864. The van der Waals surface area contributed by atoms with E-state index < -0.39 is 0 Å². The molecule has 0 amide bonds. The predicted molar refractivity (Wildman–Crippen MR) is 111 cm³/mol. The number of H-pyrrole nitrogens is 1.